The maximum atomic E-state index is 12.5. The van der Waals surface area contributed by atoms with E-state index in [4.69, 9.17) is 4.98 Å². The van der Waals surface area contributed by atoms with Gasteiger partial charge in [0.1, 0.15) is 10.7 Å². The Hall–Kier alpha value is -3.69. The van der Waals surface area contributed by atoms with Crippen LogP contribution in [0, 0.1) is 0 Å². The largest absolute Gasteiger partial charge is 0.375 e. The molecule has 1 fully saturated rings. The van der Waals surface area contributed by atoms with Crippen LogP contribution in [0.1, 0.15) is 30.6 Å². The second kappa shape index (κ2) is 8.92. The molecule has 9 heteroatoms. The van der Waals surface area contributed by atoms with Crippen molar-refractivity contribution in [1.82, 2.24) is 24.8 Å². The highest BCUT2D eigenvalue weighted by atomic mass is 32.1. The van der Waals surface area contributed by atoms with E-state index in [0.29, 0.717) is 30.2 Å². The summed E-state index contributed by atoms with van der Waals surface area (Å²) < 4.78 is 0. The third-order valence-corrected chi connectivity index (χ3v) is 6.89. The van der Waals surface area contributed by atoms with Gasteiger partial charge in [-0.05, 0) is 36.8 Å². The minimum absolute atomic E-state index is 0.0478. The molecule has 5 rings (SSSR count). The van der Waals surface area contributed by atoms with Crippen molar-refractivity contribution < 1.29 is 9.90 Å². The van der Waals surface area contributed by atoms with E-state index in [9.17, 15) is 9.90 Å². The van der Waals surface area contributed by atoms with Crippen LogP contribution >= 0.6 is 11.3 Å². The van der Waals surface area contributed by atoms with Gasteiger partial charge in [0, 0.05) is 43.4 Å². The summed E-state index contributed by atoms with van der Waals surface area (Å²) in [5.41, 5.74) is 2.30. The molecule has 1 aliphatic rings. The zero-order valence-corrected chi connectivity index (χ0v) is 19.7. The molecule has 0 saturated carbocycles. The van der Waals surface area contributed by atoms with Crippen molar-refractivity contribution in [3.63, 3.8) is 0 Å². The molecule has 0 unspecified atom stereocenters. The lowest BCUT2D eigenvalue weighted by atomic mass is 9.91. The normalized spacial score (nSPS) is 18.8. The van der Waals surface area contributed by atoms with Crippen molar-refractivity contribution in [3.8, 4) is 22.0 Å². The van der Waals surface area contributed by atoms with Crippen LogP contribution in [0.15, 0.2) is 66.3 Å². The summed E-state index contributed by atoms with van der Waals surface area (Å²) >= 11 is 1.49. The van der Waals surface area contributed by atoms with E-state index in [-0.39, 0.29) is 11.9 Å². The predicted molar refractivity (Wildman–Crippen MR) is 131 cm³/mol. The molecule has 34 heavy (non-hydrogen) atoms. The Morgan fingerprint density at radius 3 is 2.74 bits per heavy atom. The molecule has 0 radical (unpaired) electrons. The monoisotopic (exact) mass is 472 g/mol. The second-order valence-corrected chi connectivity index (χ2v) is 9.20. The van der Waals surface area contributed by atoms with Crippen molar-refractivity contribution in [3.05, 3.63) is 77.6 Å². The van der Waals surface area contributed by atoms with Crippen LogP contribution in [0.3, 0.4) is 0 Å². The van der Waals surface area contributed by atoms with Gasteiger partial charge in [-0.15, -0.1) is 11.3 Å². The molecule has 8 nitrogen and oxygen atoms in total. The number of hydrogen-bond acceptors (Lipinski definition) is 8. The topological polar surface area (TPSA) is 104 Å². The summed E-state index contributed by atoms with van der Waals surface area (Å²) in [6.45, 7) is 2.54. The first-order valence-electron chi connectivity index (χ1n) is 11.0. The first-order chi connectivity index (χ1) is 16.4. The minimum atomic E-state index is -1.48. The number of carbonyl (C=O) groups is 1. The number of aliphatic hydroxyl groups is 1. The smallest absolute Gasteiger partial charge is 0.258 e. The molecule has 3 aromatic heterocycles. The molecule has 4 aromatic rings. The van der Waals surface area contributed by atoms with Gasteiger partial charge in [0.25, 0.3) is 5.91 Å². The van der Waals surface area contributed by atoms with E-state index in [1.54, 1.807) is 30.4 Å². The number of anilines is 1. The number of benzene rings is 1. The number of likely N-dealkylation sites (tertiary alicyclic amines) is 1. The highest BCUT2D eigenvalue weighted by molar-refractivity contribution is 7.13. The molecule has 172 valence electrons. The van der Waals surface area contributed by atoms with Crippen LogP contribution in [0.25, 0.3) is 22.0 Å². The lowest BCUT2D eigenvalue weighted by Crippen LogP contribution is -2.36. The Bertz CT molecular complexity index is 1330. The number of carbonyl (C=O) groups excluding carboxylic acids is 1. The van der Waals surface area contributed by atoms with E-state index in [1.165, 1.54) is 11.3 Å². The average molecular weight is 473 g/mol. The molecule has 1 saturated heterocycles. The molecular weight excluding hydrogens is 448 g/mol. The van der Waals surface area contributed by atoms with Crippen LogP contribution in [-0.4, -0.2) is 49.4 Å². The average Bonchev–Trinajstić information content (AvgIpc) is 3.47. The summed E-state index contributed by atoms with van der Waals surface area (Å²) in [5, 5.41) is 17.0. The molecule has 4 heterocycles. The molecule has 1 aromatic carbocycles. The van der Waals surface area contributed by atoms with Crippen LogP contribution in [0.2, 0.25) is 0 Å². The SMILES string of the molecule is C[C@@H](Nc1nccc(-c2csc(-c3cccc([C@]4(O)CCN(C)C4=O)c3)n2)n1)c1ccccn1. The molecule has 2 atom stereocenters. The predicted octanol–water partition coefficient (Wildman–Crippen LogP) is 3.88. The van der Waals surface area contributed by atoms with Gasteiger partial charge in [-0.25, -0.2) is 15.0 Å². The fraction of sp³-hybridized carbons (Fsp3) is 0.240. The lowest BCUT2D eigenvalue weighted by Gasteiger charge is -2.21. The highest BCUT2D eigenvalue weighted by Gasteiger charge is 2.45. The summed E-state index contributed by atoms with van der Waals surface area (Å²) in [5.74, 6) is 0.226. The standard InChI is InChI=1S/C25H24N6O2S/c1-16(19-8-3-4-11-26-19)28-24-27-12-9-20(30-24)21-15-34-22(29-21)17-6-5-7-18(14-17)25(33)10-13-31(2)23(25)32/h3-9,11-12,14-16,33H,10,13H2,1-2H3,(H,27,28,30)/t16-,25-/m1/s1. The molecule has 1 aliphatic heterocycles. The van der Waals surface area contributed by atoms with Gasteiger partial charge in [0.05, 0.1) is 17.4 Å². The molecule has 0 aliphatic carbocycles. The van der Waals surface area contributed by atoms with Gasteiger partial charge >= 0.3 is 0 Å². The van der Waals surface area contributed by atoms with Crippen molar-refractivity contribution >= 4 is 23.2 Å². The molecule has 0 spiro atoms. The minimum Gasteiger partial charge on any atom is -0.375 e. The van der Waals surface area contributed by atoms with Gasteiger partial charge < -0.3 is 15.3 Å². The Morgan fingerprint density at radius 1 is 1.09 bits per heavy atom. The Morgan fingerprint density at radius 2 is 1.97 bits per heavy atom. The third kappa shape index (κ3) is 4.15. The molecule has 0 bridgehead atoms. The van der Waals surface area contributed by atoms with E-state index in [0.717, 1.165) is 22.0 Å². The molecule has 2 N–H and O–H groups in total. The number of pyridine rings is 1. The third-order valence-electron chi connectivity index (χ3n) is 6.00. The van der Waals surface area contributed by atoms with E-state index < -0.39 is 5.60 Å². The Labute approximate surface area is 201 Å². The molecule has 1 amide bonds. The summed E-state index contributed by atoms with van der Waals surface area (Å²) in [6, 6.07) is 15.0. The number of aromatic nitrogens is 4. The van der Waals surface area contributed by atoms with Crippen molar-refractivity contribution in [1.29, 1.82) is 0 Å². The number of likely N-dealkylation sites (N-methyl/N-ethyl adjacent to an activating group) is 1. The van der Waals surface area contributed by atoms with Gasteiger partial charge in [-0.3, -0.25) is 9.78 Å². The van der Waals surface area contributed by atoms with Crippen molar-refractivity contribution in [2.75, 3.05) is 18.9 Å². The van der Waals surface area contributed by atoms with Crippen LogP contribution in [0.4, 0.5) is 5.95 Å². The van der Waals surface area contributed by atoms with Gasteiger partial charge in [0.15, 0.2) is 5.60 Å². The maximum Gasteiger partial charge on any atom is 0.258 e. The zero-order valence-electron chi connectivity index (χ0n) is 18.8. The second-order valence-electron chi connectivity index (χ2n) is 8.34. The van der Waals surface area contributed by atoms with Gasteiger partial charge in [-0.1, -0.05) is 24.3 Å². The zero-order chi connectivity index (χ0) is 23.7. The lowest BCUT2D eigenvalue weighted by molar-refractivity contribution is -0.143. The van der Waals surface area contributed by atoms with Gasteiger partial charge in [-0.2, -0.15) is 0 Å². The van der Waals surface area contributed by atoms with Crippen LogP contribution in [0.5, 0.6) is 0 Å². The van der Waals surface area contributed by atoms with E-state index in [1.807, 2.05) is 54.8 Å². The van der Waals surface area contributed by atoms with Crippen LogP contribution in [-0.2, 0) is 10.4 Å². The van der Waals surface area contributed by atoms with Crippen LogP contribution < -0.4 is 5.32 Å². The number of thiazole rings is 1. The number of amides is 1. The number of rotatable bonds is 6. The number of nitrogens with one attached hydrogen (secondary N) is 1. The first-order valence-corrected chi connectivity index (χ1v) is 11.9. The maximum absolute atomic E-state index is 12.5. The number of nitrogens with zero attached hydrogens (tertiary/aromatic N) is 5. The Kier molecular flexibility index (Phi) is 5.80. The van der Waals surface area contributed by atoms with E-state index >= 15 is 0 Å². The first kappa shape index (κ1) is 22.1. The number of hydrogen-bond donors (Lipinski definition) is 2. The fourth-order valence-corrected chi connectivity index (χ4v) is 4.84. The Balaban J connectivity index is 1.38. The van der Waals surface area contributed by atoms with Crippen molar-refractivity contribution in [2.24, 2.45) is 0 Å². The van der Waals surface area contributed by atoms with Gasteiger partial charge in [0.2, 0.25) is 5.95 Å². The summed E-state index contributed by atoms with van der Waals surface area (Å²) in [6.07, 6.45) is 3.84. The summed E-state index contributed by atoms with van der Waals surface area (Å²) in [4.78, 5) is 32.2. The van der Waals surface area contributed by atoms with E-state index in [2.05, 4.69) is 20.3 Å². The quantitative estimate of drug-likeness (QED) is 0.439. The highest BCUT2D eigenvalue weighted by Crippen LogP contribution is 2.36. The summed E-state index contributed by atoms with van der Waals surface area (Å²) in [7, 11) is 1.71. The fourth-order valence-electron chi connectivity index (χ4n) is 4.03. The molecular formula is C25H24N6O2S. The van der Waals surface area contributed by atoms with Crippen molar-refractivity contribution in [2.45, 2.75) is 25.0 Å².